The van der Waals surface area contributed by atoms with Crippen molar-refractivity contribution in [3.8, 4) is 0 Å². The van der Waals surface area contributed by atoms with E-state index in [1.807, 2.05) is 2.18 Å². The number of halogens is 20. The van der Waals surface area contributed by atoms with E-state index >= 15 is 35.1 Å². The summed E-state index contributed by atoms with van der Waals surface area (Å²) in [5.41, 5.74) is -4.22. The molecule has 0 radical (unpaired) electrons. The summed E-state index contributed by atoms with van der Waals surface area (Å²) in [6, 6.07) is 0. The van der Waals surface area contributed by atoms with Gasteiger partial charge in [0, 0.05) is 0 Å². The van der Waals surface area contributed by atoms with Crippen molar-refractivity contribution in [2.75, 3.05) is 0 Å². The van der Waals surface area contributed by atoms with Gasteiger partial charge in [0.05, 0.1) is 0 Å². The molecule has 4 aromatic carbocycles. The molecule has 0 saturated carbocycles. The van der Waals surface area contributed by atoms with E-state index in [1.54, 1.807) is 33.4 Å². The summed E-state index contributed by atoms with van der Waals surface area (Å²) >= 11 is -0.997. The molecule has 66 heavy (non-hydrogen) atoms. The molecule has 22 heteroatoms. The predicted molar refractivity (Wildman–Crippen MR) is 199 cm³/mol. The van der Waals surface area contributed by atoms with Crippen LogP contribution in [0.15, 0.2) is 35.6 Å². The van der Waals surface area contributed by atoms with Gasteiger partial charge in [0.2, 0.25) is 0 Å². The van der Waals surface area contributed by atoms with Crippen LogP contribution in [0.3, 0.4) is 0 Å². The van der Waals surface area contributed by atoms with E-state index in [2.05, 4.69) is 69.2 Å². The van der Waals surface area contributed by atoms with Crippen LogP contribution in [0.5, 0.6) is 0 Å². The first kappa shape index (κ1) is 52.8. The van der Waals surface area contributed by atoms with Crippen LogP contribution in [0.1, 0.15) is 69.2 Å². The number of rotatable bonds is 6. The minimum atomic E-state index is -7.22. The molecule has 2 aliphatic rings. The van der Waals surface area contributed by atoms with Crippen LogP contribution in [0.25, 0.3) is 0 Å². The molecule has 0 amide bonds. The maximum Gasteiger partial charge on any atom is 0.200 e. The molecule has 6 rings (SSSR count). The molecule has 0 N–H and O–H groups in total. The molecule has 0 unspecified atom stereocenters. The van der Waals surface area contributed by atoms with Crippen LogP contribution in [-0.2, 0) is 0 Å². The molecule has 0 atom stereocenters. The Kier molecular flexibility index (Phi) is 14.2. The number of hydrogen-bond acceptors (Lipinski definition) is 0. The molecule has 0 bridgehead atoms. The Morgan fingerprint density at radius 1 is 0.258 bits per heavy atom. The van der Waals surface area contributed by atoms with Gasteiger partial charge in [-0.1, -0.05) is 0 Å². The van der Waals surface area contributed by atoms with Gasteiger partial charge < -0.3 is 0 Å². The monoisotopic (exact) mass is 1090 g/mol. The topological polar surface area (TPSA) is 0 Å². The van der Waals surface area contributed by atoms with Crippen LogP contribution >= 0.6 is 0 Å². The molecule has 0 aliphatic heterocycles. The number of allylic oxidation sites excluding steroid dienone is 8. The molecule has 0 aromatic heterocycles. The van der Waals surface area contributed by atoms with Crippen molar-refractivity contribution < 1.29 is 125 Å². The summed E-state index contributed by atoms with van der Waals surface area (Å²) in [4.78, 5) is 0. The summed E-state index contributed by atoms with van der Waals surface area (Å²) in [5, 5.41) is 0. The zero-order valence-corrected chi connectivity index (χ0v) is 38.8. The van der Waals surface area contributed by atoms with Gasteiger partial charge in [-0.3, -0.25) is 0 Å². The van der Waals surface area contributed by atoms with Crippen LogP contribution in [-0.4, -0.2) is 6.15 Å². The first-order valence-electron chi connectivity index (χ1n) is 18.9. The Hall–Kier alpha value is -4.12. The summed E-state index contributed by atoms with van der Waals surface area (Å²) in [5.74, 6) is -71.4. The molecule has 353 valence electrons. The van der Waals surface area contributed by atoms with E-state index in [9.17, 15) is 52.7 Å². The Morgan fingerprint density at radius 3 is 0.545 bits per heavy atom. The van der Waals surface area contributed by atoms with Gasteiger partial charge in [-0.15, -0.1) is 21.9 Å². The van der Waals surface area contributed by atoms with Crippen LogP contribution in [0, 0.1) is 165 Å². The third-order valence-corrected chi connectivity index (χ3v) is 20.9. The van der Waals surface area contributed by atoms with E-state index in [0.717, 1.165) is 0 Å². The molecular formula is C44H30BCeF20. The van der Waals surface area contributed by atoms with Gasteiger partial charge in [0.25, 0.3) is 0 Å². The van der Waals surface area contributed by atoms with Crippen molar-refractivity contribution >= 4 is 28.0 Å². The molecular weight excluding hydrogens is 1060 g/mol. The molecule has 4 aromatic rings. The fraction of sp³-hybridized carbons (Fsp3) is 0.273. The fourth-order valence-corrected chi connectivity index (χ4v) is 15.0. The van der Waals surface area contributed by atoms with E-state index in [4.69, 9.17) is 0 Å². The second-order valence-corrected chi connectivity index (χ2v) is 20.6. The van der Waals surface area contributed by atoms with Gasteiger partial charge in [0.1, 0.15) is 52.7 Å². The van der Waals surface area contributed by atoms with Gasteiger partial charge in [-0.2, -0.15) is 0 Å². The zero-order chi connectivity index (χ0) is 50.7. The Morgan fingerprint density at radius 2 is 0.409 bits per heavy atom. The Balaban J connectivity index is 0.000000324. The minimum Gasteiger partial charge on any atom is -0.207 e. The molecule has 0 fully saturated rings. The van der Waals surface area contributed by atoms with Gasteiger partial charge in [-0.05, 0) is 0 Å². The third-order valence-electron chi connectivity index (χ3n) is 13.1. The standard InChI is InChI=1S/C24BF20.2C10H15.Ce/c26-5-1(6(27)14(35)21(42)13(5)34)25(2-7(28)15(36)22(43)16(37)8(2)29,3-9(30)17(38)23(44)18(39)10(3)31)4-11(32)19(40)24(45)20(41)12(4)33;2*1-7-6-10(4,5)9(3)8(7)2;/h;2*1-5H3;/q-1;;;+1. The molecule has 0 nitrogen and oxygen atoms in total. The maximum absolute atomic E-state index is 15.4. The second-order valence-electron chi connectivity index (χ2n) is 16.7. The van der Waals surface area contributed by atoms with Crippen molar-refractivity contribution in [2.45, 2.75) is 69.2 Å². The molecule has 2 aliphatic carbocycles. The van der Waals surface area contributed by atoms with Gasteiger partial charge in [0.15, 0.2) is 69.8 Å². The molecule has 0 saturated heterocycles. The predicted octanol–water partition coefficient (Wildman–Crippen LogP) is 12.2. The van der Waals surface area contributed by atoms with Crippen molar-refractivity contribution in [1.29, 1.82) is 0 Å². The fourth-order valence-electron chi connectivity index (χ4n) is 8.69. The molecule has 0 heterocycles. The Bertz CT molecular complexity index is 2500. The number of hydrogen-bond donors (Lipinski definition) is 0. The SMILES string of the molecule is CC1=C(C)C(C)(C)[C]([Ce+][C]2=C(C)C(C)=C(C)C2(C)C)=C1C.Fc1c(F)c(F)c([B-](c2c(F)c(F)c(F)c(F)c2F)(c2c(F)c(F)c(F)c(F)c2F)c2c(F)c(F)c(F)c(F)c2F)c(F)c1F. The summed E-state index contributed by atoms with van der Waals surface area (Å²) in [6.45, 7) is 23.8. The second kappa shape index (κ2) is 17.8. The quantitative estimate of drug-likeness (QED) is 0.0781. The normalized spacial score (nSPS) is 16.0. The van der Waals surface area contributed by atoms with E-state index in [-0.39, 0.29) is 0 Å². The van der Waals surface area contributed by atoms with Crippen molar-refractivity contribution in [3.05, 3.63) is 152 Å². The largest absolute Gasteiger partial charge is 0.207 e. The van der Waals surface area contributed by atoms with Gasteiger partial charge >= 0.3 is 153 Å². The van der Waals surface area contributed by atoms with Crippen molar-refractivity contribution in [2.24, 2.45) is 10.8 Å². The maximum atomic E-state index is 15.4. The zero-order valence-electron chi connectivity index (χ0n) is 35.6. The van der Waals surface area contributed by atoms with Crippen LogP contribution in [0.2, 0.25) is 0 Å². The first-order valence-corrected chi connectivity index (χ1v) is 22.1. The van der Waals surface area contributed by atoms with E-state index in [0.29, 0.717) is 10.8 Å². The van der Waals surface area contributed by atoms with Crippen LogP contribution < -0.4 is 21.9 Å². The summed E-state index contributed by atoms with van der Waals surface area (Å²) in [7, 11) is 0. The number of benzene rings is 4. The average molecular weight is 1090 g/mol. The summed E-state index contributed by atoms with van der Waals surface area (Å²) in [6.07, 6.45) is -7.22. The molecule has 0 spiro atoms. The van der Waals surface area contributed by atoms with Crippen molar-refractivity contribution in [1.82, 2.24) is 0 Å². The third kappa shape index (κ3) is 7.37. The van der Waals surface area contributed by atoms with E-state index < -0.39 is 182 Å². The summed E-state index contributed by atoms with van der Waals surface area (Å²) < 4.78 is 298. The van der Waals surface area contributed by atoms with Crippen molar-refractivity contribution in [3.63, 3.8) is 0 Å². The minimum absolute atomic E-state index is 0.297. The first-order chi connectivity index (χ1) is 30.1. The average Bonchev–Trinajstić information content (AvgIpc) is 3.50. The Labute approximate surface area is 383 Å². The van der Waals surface area contributed by atoms with E-state index in [1.165, 1.54) is 0 Å². The van der Waals surface area contributed by atoms with Crippen LogP contribution in [0.4, 0.5) is 87.8 Å². The van der Waals surface area contributed by atoms with Gasteiger partial charge in [-0.25, -0.2) is 87.8 Å². The smallest absolute Gasteiger partial charge is 0.200 e.